The summed E-state index contributed by atoms with van der Waals surface area (Å²) in [5, 5.41) is 0. The third kappa shape index (κ3) is 6.93. The number of aryl methyl sites for hydroxylation is 7. The summed E-state index contributed by atoms with van der Waals surface area (Å²) in [5.41, 5.74) is 27.5. The number of rotatable bonds is 7. The van der Waals surface area contributed by atoms with E-state index in [4.69, 9.17) is 0 Å². The van der Waals surface area contributed by atoms with Crippen molar-refractivity contribution >= 4 is 97.4 Å². The van der Waals surface area contributed by atoms with Crippen molar-refractivity contribution in [3.05, 3.63) is 233 Å². The van der Waals surface area contributed by atoms with E-state index in [9.17, 15) is 0 Å². The van der Waals surface area contributed by atoms with Crippen LogP contribution in [0.1, 0.15) is 38.9 Å². The van der Waals surface area contributed by atoms with Crippen LogP contribution in [-0.4, -0.2) is 13.4 Å². The Hall–Kier alpha value is -7.49. The van der Waals surface area contributed by atoms with Crippen molar-refractivity contribution in [2.75, 3.05) is 14.7 Å². The number of nitrogens with zero attached hydrogens (tertiary/aromatic N) is 3. The van der Waals surface area contributed by atoms with Gasteiger partial charge in [0.2, 0.25) is 13.4 Å². The molecule has 0 atom stereocenters. The summed E-state index contributed by atoms with van der Waals surface area (Å²) >= 11 is 0. The molecule has 0 unspecified atom stereocenters. The molecule has 9 aromatic rings. The van der Waals surface area contributed by atoms with Crippen molar-refractivity contribution in [3.8, 4) is 0 Å². The highest BCUT2D eigenvalue weighted by Crippen LogP contribution is 2.44. The molecule has 0 radical (unpaired) electrons. The third-order valence-electron chi connectivity index (χ3n) is 14.0. The van der Waals surface area contributed by atoms with Gasteiger partial charge >= 0.3 is 0 Å². The standard InChI is InChI=1S/C61H53B2N3/c1-40-28-30-52-56(36-40)65(49-24-16-10-17-25-49)58-39-59-55(38-54(58)62(52)60-43(4)32-41(2)33-44(60)5)63(61-45(6)34-42(3)35-46(61)7)53-31-29-51(37-57(53)66(59)50-26-18-11-19-27-50)64(47-20-12-8-13-21-47)48-22-14-9-15-23-48/h8-39H,1-7H3. The number of anilines is 9. The second-order valence-corrected chi connectivity index (χ2v) is 18.6. The molecule has 0 bridgehead atoms. The van der Waals surface area contributed by atoms with E-state index in [1.807, 2.05) is 0 Å². The molecular formula is C61H53B2N3. The fourth-order valence-corrected chi connectivity index (χ4v) is 11.5. The van der Waals surface area contributed by atoms with Gasteiger partial charge in [0.25, 0.3) is 0 Å². The molecule has 66 heavy (non-hydrogen) atoms. The van der Waals surface area contributed by atoms with Crippen molar-refractivity contribution in [1.29, 1.82) is 0 Å². The van der Waals surface area contributed by atoms with Gasteiger partial charge in [0.1, 0.15) is 0 Å². The van der Waals surface area contributed by atoms with Crippen LogP contribution in [0.2, 0.25) is 0 Å². The van der Waals surface area contributed by atoms with Crippen molar-refractivity contribution < 1.29 is 0 Å². The molecule has 0 saturated heterocycles. The second-order valence-electron chi connectivity index (χ2n) is 18.6. The molecule has 0 aliphatic carbocycles. The summed E-state index contributed by atoms with van der Waals surface area (Å²) in [6.07, 6.45) is 0. The monoisotopic (exact) mass is 849 g/mol. The van der Waals surface area contributed by atoms with Gasteiger partial charge < -0.3 is 14.7 Å². The van der Waals surface area contributed by atoms with E-state index in [0.29, 0.717) is 0 Å². The van der Waals surface area contributed by atoms with Crippen LogP contribution < -0.4 is 47.5 Å². The summed E-state index contributed by atoms with van der Waals surface area (Å²) in [5.74, 6) is 0. The Morgan fingerprint density at radius 1 is 0.303 bits per heavy atom. The van der Waals surface area contributed by atoms with Gasteiger partial charge in [0.15, 0.2) is 0 Å². The van der Waals surface area contributed by atoms with Gasteiger partial charge in [0, 0.05) is 51.2 Å². The average molecular weight is 850 g/mol. The normalized spacial score (nSPS) is 12.7. The maximum Gasteiger partial charge on any atom is 0.247 e. The molecule has 0 amide bonds. The first-order valence-electron chi connectivity index (χ1n) is 23.3. The van der Waals surface area contributed by atoms with Crippen LogP contribution in [0.15, 0.2) is 194 Å². The lowest BCUT2D eigenvalue weighted by atomic mass is 9.30. The van der Waals surface area contributed by atoms with Crippen LogP contribution in [0.3, 0.4) is 0 Å². The third-order valence-corrected chi connectivity index (χ3v) is 14.0. The van der Waals surface area contributed by atoms with Crippen molar-refractivity contribution in [2.45, 2.75) is 48.5 Å². The first-order chi connectivity index (χ1) is 32.1. The highest BCUT2D eigenvalue weighted by molar-refractivity contribution is 7.01. The van der Waals surface area contributed by atoms with Crippen LogP contribution in [0.4, 0.5) is 51.2 Å². The van der Waals surface area contributed by atoms with Crippen molar-refractivity contribution in [1.82, 2.24) is 0 Å². The lowest BCUT2D eigenvalue weighted by Crippen LogP contribution is -2.63. The average Bonchev–Trinajstić information content (AvgIpc) is 3.31. The number of benzene rings is 9. The van der Waals surface area contributed by atoms with Gasteiger partial charge in [-0.05, 0) is 149 Å². The fourth-order valence-electron chi connectivity index (χ4n) is 11.5. The topological polar surface area (TPSA) is 9.72 Å². The molecule has 0 spiro atoms. The van der Waals surface area contributed by atoms with E-state index >= 15 is 0 Å². The first-order valence-corrected chi connectivity index (χ1v) is 23.3. The Balaban J connectivity index is 1.26. The van der Waals surface area contributed by atoms with E-state index in [-0.39, 0.29) is 13.4 Å². The number of hydrogen-bond acceptors (Lipinski definition) is 3. The molecular weight excluding hydrogens is 796 g/mol. The van der Waals surface area contributed by atoms with E-state index in [2.05, 4.69) is 257 Å². The molecule has 0 aromatic heterocycles. The maximum absolute atomic E-state index is 2.61. The van der Waals surface area contributed by atoms with E-state index in [0.717, 1.165) is 28.4 Å². The van der Waals surface area contributed by atoms with Crippen LogP contribution in [0.5, 0.6) is 0 Å². The molecule has 0 N–H and O–H groups in total. The first kappa shape index (κ1) is 41.2. The minimum Gasteiger partial charge on any atom is -0.311 e. The Labute approximate surface area is 391 Å². The molecule has 11 rings (SSSR count). The molecule has 9 aromatic carbocycles. The molecule has 3 nitrogen and oxygen atoms in total. The van der Waals surface area contributed by atoms with Gasteiger partial charge in [0.05, 0.1) is 0 Å². The minimum atomic E-state index is -0.0396. The Kier molecular flexibility index (Phi) is 10.3. The van der Waals surface area contributed by atoms with Gasteiger partial charge in [-0.3, -0.25) is 0 Å². The van der Waals surface area contributed by atoms with E-state index in [1.165, 1.54) is 94.5 Å². The number of para-hydroxylation sites is 4. The zero-order valence-corrected chi connectivity index (χ0v) is 39.0. The van der Waals surface area contributed by atoms with Gasteiger partial charge in [-0.2, -0.15) is 0 Å². The largest absolute Gasteiger partial charge is 0.311 e. The fraction of sp³-hybridized carbons (Fsp3) is 0.115. The summed E-state index contributed by atoms with van der Waals surface area (Å²) in [6.45, 7) is 15.9. The quantitative estimate of drug-likeness (QED) is 0.148. The second kappa shape index (κ2) is 16.5. The summed E-state index contributed by atoms with van der Waals surface area (Å²) in [4.78, 5) is 7.47. The molecule has 5 heteroatoms. The van der Waals surface area contributed by atoms with E-state index in [1.54, 1.807) is 0 Å². The Morgan fingerprint density at radius 2 is 0.682 bits per heavy atom. The van der Waals surface area contributed by atoms with Crippen molar-refractivity contribution in [3.63, 3.8) is 0 Å². The number of hydrogen-bond donors (Lipinski definition) is 0. The van der Waals surface area contributed by atoms with Gasteiger partial charge in [-0.15, -0.1) is 0 Å². The molecule has 2 aliphatic rings. The van der Waals surface area contributed by atoms with Crippen LogP contribution >= 0.6 is 0 Å². The van der Waals surface area contributed by atoms with Crippen LogP contribution in [0.25, 0.3) is 0 Å². The Morgan fingerprint density at radius 3 is 1.12 bits per heavy atom. The van der Waals surface area contributed by atoms with Gasteiger partial charge in [-0.25, -0.2) is 0 Å². The van der Waals surface area contributed by atoms with Crippen LogP contribution in [-0.2, 0) is 0 Å². The zero-order valence-electron chi connectivity index (χ0n) is 39.0. The maximum atomic E-state index is 2.61. The molecule has 2 heterocycles. The summed E-state index contributed by atoms with van der Waals surface area (Å²) < 4.78 is 0. The van der Waals surface area contributed by atoms with Crippen LogP contribution in [0, 0.1) is 48.5 Å². The van der Waals surface area contributed by atoms with E-state index < -0.39 is 0 Å². The molecule has 0 saturated carbocycles. The lowest BCUT2D eigenvalue weighted by Gasteiger charge is -2.43. The molecule has 318 valence electrons. The number of fused-ring (bicyclic) bond motifs is 4. The highest BCUT2D eigenvalue weighted by Gasteiger charge is 2.43. The summed E-state index contributed by atoms with van der Waals surface area (Å²) in [7, 11) is 0. The molecule has 0 fully saturated rings. The smallest absolute Gasteiger partial charge is 0.247 e. The lowest BCUT2D eigenvalue weighted by molar-refractivity contribution is 1.24. The minimum absolute atomic E-state index is 0.0153. The zero-order chi connectivity index (χ0) is 45.2. The Bertz CT molecular complexity index is 3210. The predicted octanol–water partition coefficient (Wildman–Crippen LogP) is 11.9. The molecule has 2 aliphatic heterocycles. The SMILES string of the molecule is Cc1cc(C)c(B2c3ccc(C)cc3N(c3ccccc3)c3cc4c(cc32)B(c2c(C)cc(C)cc2C)c2ccc(N(c3ccccc3)c3ccccc3)cc2N4c2ccccc2)c(C)c1. The highest BCUT2D eigenvalue weighted by atomic mass is 15.2. The predicted molar refractivity (Wildman–Crippen MR) is 286 cm³/mol. The van der Waals surface area contributed by atoms with Crippen molar-refractivity contribution in [2.24, 2.45) is 0 Å². The summed E-state index contributed by atoms with van der Waals surface area (Å²) in [6, 6.07) is 72.5. The van der Waals surface area contributed by atoms with Gasteiger partial charge in [-0.1, -0.05) is 166 Å².